The number of carbonyl (C=O) groups is 2. The van der Waals surface area contributed by atoms with E-state index in [2.05, 4.69) is 19.7 Å². The first-order valence-corrected chi connectivity index (χ1v) is 13.5. The summed E-state index contributed by atoms with van der Waals surface area (Å²) in [4.78, 5) is 39.4. The Balaban J connectivity index is 2.53. The number of hydrogen-bond acceptors (Lipinski definition) is 9. The van der Waals surface area contributed by atoms with Gasteiger partial charge in [-0.25, -0.2) is 4.79 Å². The van der Waals surface area contributed by atoms with Crippen LogP contribution in [0.4, 0.5) is 0 Å². The number of methoxy groups -OCH3 is 2. The van der Waals surface area contributed by atoms with Crippen LogP contribution in [0.3, 0.4) is 0 Å². The highest BCUT2D eigenvalue weighted by Gasteiger charge is 2.29. The number of ether oxygens (including phenoxy) is 4. The fraction of sp³-hybridized carbons (Fsp3) is 0.303. The highest BCUT2D eigenvalue weighted by atomic mass is 16.5. The quantitative estimate of drug-likeness (QED) is 0.192. The van der Waals surface area contributed by atoms with E-state index in [1.54, 1.807) is 38.1 Å². The molecule has 9 heteroatoms. The summed E-state index contributed by atoms with van der Waals surface area (Å²) in [5.74, 6) is -0.981. The lowest BCUT2D eigenvalue weighted by atomic mass is 9.90. The lowest BCUT2D eigenvalue weighted by molar-refractivity contribution is -0.142. The first kappa shape index (κ1) is 31.7. The van der Waals surface area contributed by atoms with Gasteiger partial charge in [-0.05, 0) is 50.3 Å². The Bertz CT molecular complexity index is 1590. The van der Waals surface area contributed by atoms with Crippen molar-refractivity contribution in [3.8, 4) is 28.6 Å². The Kier molecular flexibility index (Phi) is 10.7. The molecule has 3 rings (SSSR count). The van der Waals surface area contributed by atoms with Gasteiger partial charge in [-0.15, -0.1) is 19.7 Å². The van der Waals surface area contributed by atoms with Gasteiger partial charge in [0, 0.05) is 22.8 Å². The highest BCUT2D eigenvalue weighted by molar-refractivity contribution is 5.98. The number of carbonyl (C=O) groups excluding carboxylic acids is 2. The van der Waals surface area contributed by atoms with Gasteiger partial charge in [0.15, 0.2) is 16.9 Å². The number of benzene rings is 2. The maximum atomic E-state index is 13.7. The zero-order valence-corrected chi connectivity index (χ0v) is 24.5. The van der Waals surface area contributed by atoms with Crippen LogP contribution in [0.2, 0.25) is 0 Å². The number of hydrogen-bond donors (Lipinski definition) is 1. The lowest BCUT2D eigenvalue weighted by Crippen LogP contribution is -2.14. The summed E-state index contributed by atoms with van der Waals surface area (Å²) >= 11 is 0. The molecule has 0 amide bonds. The zero-order valence-electron chi connectivity index (χ0n) is 24.5. The molecule has 0 saturated carbocycles. The largest absolute Gasteiger partial charge is 0.507 e. The van der Waals surface area contributed by atoms with Gasteiger partial charge in [0.2, 0.25) is 0 Å². The maximum absolute atomic E-state index is 13.7. The molecule has 222 valence electrons. The minimum absolute atomic E-state index is 0.0450. The van der Waals surface area contributed by atoms with Crippen LogP contribution in [0.1, 0.15) is 46.5 Å². The number of esters is 2. The monoisotopic (exact) mass is 576 g/mol. The Morgan fingerprint density at radius 2 is 1.50 bits per heavy atom. The number of phenols is 1. The minimum atomic E-state index is -0.648. The zero-order chi connectivity index (χ0) is 31.0. The lowest BCUT2D eigenvalue weighted by Gasteiger charge is -2.20. The second kappa shape index (κ2) is 14.2. The number of aromatic hydroxyl groups is 1. The molecule has 0 saturated heterocycles. The Morgan fingerprint density at radius 3 is 2.07 bits per heavy atom. The summed E-state index contributed by atoms with van der Waals surface area (Å²) in [5.41, 5.74) is 1.80. The molecule has 9 nitrogen and oxygen atoms in total. The molecule has 1 heterocycles. The third-order valence-electron chi connectivity index (χ3n) is 6.67. The molecule has 0 radical (unpaired) electrons. The topological polar surface area (TPSA) is 122 Å². The van der Waals surface area contributed by atoms with Crippen molar-refractivity contribution in [1.82, 2.24) is 0 Å². The Hall–Kier alpha value is -4.79. The molecular formula is C33H36O9. The van der Waals surface area contributed by atoms with Crippen LogP contribution >= 0.6 is 0 Å². The normalized spacial score (nSPS) is 10.7. The van der Waals surface area contributed by atoms with E-state index in [0.29, 0.717) is 27.8 Å². The molecule has 3 aromatic rings. The van der Waals surface area contributed by atoms with Crippen molar-refractivity contribution in [2.24, 2.45) is 0 Å². The van der Waals surface area contributed by atoms with Crippen molar-refractivity contribution in [3.63, 3.8) is 0 Å². The molecule has 0 spiro atoms. The highest BCUT2D eigenvalue weighted by Crippen LogP contribution is 2.43. The van der Waals surface area contributed by atoms with Crippen molar-refractivity contribution < 1.29 is 38.1 Å². The van der Waals surface area contributed by atoms with E-state index in [1.807, 2.05) is 0 Å². The van der Waals surface area contributed by atoms with Crippen molar-refractivity contribution in [1.29, 1.82) is 0 Å². The average Bonchev–Trinajstić information content (AvgIpc) is 2.96. The third-order valence-corrected chi connectivity index (χ3v) is 6.67. The molecular weight excluding hydrogens is 540 g/mol. The predicted octanol–water partition coefficient (Wildman–Crippen LogP) is 5.65. The van der Waals surface area contributed by atoms with Crippen molar-refractivity contribution in [2.75, 3.05) is 27.4 Å². The second-order valence-corrected chi connectivity index (χ2v) is 9.16. The van der Waals surface area contributed by atoms with E-state index < -0.39 is 17.4 Å². The second-order valence-electron chi connectivity index (χ2n) is 9.16. The van der Waals surface area contributed by atoms with Crippen LogP contribution in [-0.2, 0) is 40.0 Å². The number of allylic oxidation sites excluding steroid dienone is 3. The predicted molar refractivity (Wildman–Crippen MR) is 161 cm³/mol. The maximum Gasteiger partial charge on any atom is 0.342 e. The fourth-order valence-corrected chi connectivity index (χ4v) is 5.00. The molecule has 1 N–H and O–H groups in total. The van der Waals surface area contributed by atoms with E-state index in [-0.39, 0.29) is 78.4 Å². The first-order valence-electron chi connectivity index (χ1n) is 13.5. The molecule has 1 aromatic heterocycles. The van der Waals surface area contributed by atoms with Crippen molar-refractivity contribution in [3.05, 3.63) is 88.1 Å². The van der Waals surface area contributed by atoms with Crippen LogP contribution < -0.4 is 14.9 Å². The summed E-state index contributed by atoms with van der Waals surface area (Å²) < 4.78 is 28.0. The summed E-state index contributed by atoms with van der Waals surface area (Å²) in [5, 5.41) is 11.3. The molecule has 0 aliphatic heterocycles. The Labute approximate surface area is 244 Å². The molecule has 0 aliphatic carbocycles. The van der Waals surface area contributed by atoms with E-state index >= 15 is 0 Å². The number of rotatable bonds is 14. The summed E-state index contributed by atoms with van der Waals surface area (Å²) in [6.07, 6.45) is 5.24. The van der Waals surface area contributed by atoms with Crippen molar-refractivity contribution >= 4 is 22.9 Å². The first-order chi connectivity index (χ1) is 20.2. The van der Waals surface area contributed by atoms with Crippen LogP contribution in [0.25, 0.3) is 22.3 Å². The van der Waals surface area contributed by atoms with Gasteiger partial charge in [0.1, 0.15) is 28.0 Å². The van der Waals surface area contributed by atoms with Crippen LogP contribution in [-0.4, -0.2) is 44.5 Å². The molecule has 0 atom stereocenters. The number of fused-ring (bicyclic) bond motifs is 1. The fourth-order valence-electron chi connectivity index (χ4n) is 5.00. The van der Waals surface area contributed by atoms with Gasteiger partial charge in [-0.2, -0.15) is 0 Å². The van der Waals surface area contributed by atoms with Gasteiger partial charge >= 0.3 is 11.9 Å². The van der Waals surface area contributed by atoms with E-state index in [0.717, 1.165) is 0 Å². The van der Waals surface area contributed by atoms with E-state index in [1.165, 1.54) is 20.3 Å². The smallest absolute Gasteiger partial charge is 0.342 e. The van der Waals surface area contributed by atoms with Gasteiger partial charge < -0.3 is 28.5 Å². The third kappa shape index (κ3) is 6.10. The molecule has 0 unspecified atom stereocenters. The van der Waals surface area contributed by atoms with Gasteiger partial charge in [0.25, 0.3) is 0 Å². The summed E-state index contributed by atoms with van der Waals surface area (Å²) in [7, 11) is 2.83. The molecule has 0 bridgehead atoms. The minimum Gasteiger partial charge on any atom is -0.507 e. The van der Waals surface area contributed by atoms with Gasteiger partial charge in [-0.3, -0.25) is 9.59 Å². The molecule has 2 aromatic carbocycles. The number of phenolic OH excluding ortho intramolecular Hbond substituents is 1. The average molecular weight is 577 g/mol. The SMILES string of the molecule is C=CCc1c(-c2cc(=O)c3c(O)c(CC=C)c(CC(=O)OCC)c(CC=C)c3o2)cc(OC)c(OC)c1C(=O)OCC. The molecule has 42 heavy (non-hydrogen) atoms. The van der Waals surface area contributed by atoms with Gasteiger partial charge in [0.05, 0.1) is 33.9 Å². The van der Waals surface area contributed by atoms with E-state index in [9.17, 15) is 19.5 Å². The van der Waals surface area contributed by atoms with E-state index in [4.69, 9.17) is 23.4 Å². The summed E-state index contributed by atoms with van der Waals surface area (Å²) in [6.45, 7) is 15.1. The molecule has 0 fully saturated rings. The van der Waals surface area contributed by atoms with Crippen LogP contribution in [0.5, 0.6) is 17.2 Å². The standard InChI is InChI=1S/C33H36O9/c1-8-13-19-23(16-26(38-6)32(39-7)28(19)33(37)41-12-5)25-18-24(34)29-30(36)20(14-9-2)22(17-27(35)40-11-4)21(15-10-3)31(29)42-25/h8-10,16,18,36H,1-3,11-15,17H2,4-7H3. The van der Waals surface area contributed by atoms with Gasteiger partial charge in [-0.1, -0.05) is 18.2 Å². The van der Waals surface area contributed by atoms with Crippen LogP contribution in [0, 0.1) is 0 Å². The summed E-state index contributed by atoms with van der Waals surface area (Å²) in [6, 6.07) is 2.84. The van der Waals surface area contributed by atoms with Crippen molar-refractivity contribution in [2.45, 2.75) is 39.5 Å². The van der Waals surface area contributed by atoms with Crippen LogP contribution in [0.15, 0.2) is 59.3 Å². The molecule has 0 aliphatic rings. The Morgan fingerprint density at radius 1 is 0.881 bits per heavy atom.